The van der Waals surface area contributed by atoms with Gasteiger partial charge in [0.15, 0.2) is 0 Å². The Morgan fingerprint density at radius 3 is 2.50 bits per heavy atom. The van der Waals surface area contributed by atoms with E-state index in [1.807, 2.05) is 0 Å². The normalized spacial score (nSPS) is 9.65. The van der Waals surface area contributed by atoms with Gasteiger partial charge in [0, 0.05) is 20.6 Å². The number of amides is 2. The van der Waals surface area contributed by atoms with Crippen LogP contribution in [-0.4, -0.2) is 54.1 Å². The Morgan fingerprint density at radius 1 is 1.25 bits per heavy atom. The number of carbonyl (C=O) groups is 2. The van der Waals surface area contributed by atoms with Gasteiger partial charge in [-0.3, -0.25) is 0 Å². The summed E-state index contributed by atoms with van der Waals surface area (Å²) in [6, 6.07) is 6.60. The zero-order valence-electron chi connectivity index (χ0n) is 11.7. The van der Waals surface area contributed by atoms with Gasteiger partial charge in [-0.1, -0.05) is 24.1 Å². The fourth-order valence-corrected chi connectivity index (χ4v) is 1.83. The lowest BCUT2D eigenvalue weighted by molar-refractivity contribution is 0.0695. The Labute approximate surface area is 118 Å². The van der Waals surface area contributed by atoms with Gasteiger partial charge in [0.2, 0.25) is 0 Å². The molecule has 0 aliphatic heterocycles. The minimum absolute atomic E-state index is 0.184. The third-order valence-electron chi connectivity index (χ3n) is 2.95. The number of urea groups is 1. The number of hydrogen-bond donors (Lipinski definition) is 1. The molecule has 0 fully saturated rings. The van der Waals surface area contributed by atoms with Crippen LogP contribution in [0.3, 0.4) is 0 Å². The summed E-state index contributed by atoms with van der Waals surface area (Å²) in [5, 5.41) is 9.09. The molecule has 0 saturated heterocycles. The van der Waals surface area contributed by atoms with Crippen LogP contribution in [0.5, 0.6) is 0 Å². The highest BCUT2D eigenvalue weighted by molar-refractivity contribution is 5.89. The second kappa shape index (κ2) is 7.19. The maximum Gasteiger partial charge on any atom is 0.335 e. The van der Waals surface area contributed by atoms with E-state index in [0.717, 1.165) is 0 Å². The Hall–Kier alpha value is -2.48. The second-order valence-electron chi connectivity index (χ2n) is 4.48. The van der Waals surface area contributed by atoms with Crippen LogP contribution in [0.2, 0.25) is 0 Å². The predicted octanol–water partition coefficient (Wildman–Crippen LogP) is 1.54. The number of terminal acetylenes is 1. The second-order valence-corrected chi connectivity index (χ2v) is 4.48. The van der Waals surface area contributed by atoms with Gasteiger partial charge >= 0.3 is 12.0 Å². The van der Waals surface area contributed by atoms with E-state index in [9.17, 15) is 9.59 Å². The number of hydrogen-bond acceptors (Lipinski definition) is 2. The smallest absolute Gasteiger partial charge is 0.335 e. The molecule has 5 nitrogen and oxygen atoms in total. The van der Waals surface area contributed by atoms with E-state index >= 15 is 0 Å². The van der Waals surface area contributed by atoms with E-state index in [0.29, 0.717) is 18.5 Å². The van der Waals surface area contributed by atoms with Crippen LogP contribution in [0.4, 0.5) is 4.79 Å². The summed E-state index contributed by atoms with van der Waals surface area (Å²) in [5.74, 6) is 1.44. The van der Waals surface area contributed by atoms with Gasteiger partial charge in [0.25, 0.3) is 0 Å². The molecule has 20 heavy (non-hydrogen) atoms. The molecule has 1 aromatic rings. The minimum atomic E-state index is -0.959. The van der Waals surface area contributed by atoms with Crippen molar-refractivity contribution in [1.82, 2.24) is 9.80 Å². The molecule has 2 amide bonds. The molecule has 0 heterocycles. The number of aromatic carboxylic acids is 1. The molecule has 1 N–H and O–H groups in total. The van der Waals surface area contributed by atoms with Crippen molar-refractivity contribution in [2.75, 3.05) is 27.2 Å². The molecule has 0 aliphatic carbocycles. The summed E-state index contributed by atoms with van der Waals surface area (Å²) in [6.45, 7) is 0.674. The fourth-order valence-electron chi connectivity index (χ4n) is 1.83. The molecular formula is C15H18N2O3. The number of nitrogens with zero attached hydrogens (tertiary/aromatic N) is 2. The Balaban J connectivity index is 2.66. The highest BCUT2D eigenvalue weighted by Gasteiger charge is 2.14. The first kappa shape index (κ1) is 15.6. The summed E-state index contributed by atoms with van der Waals surface area (Å²) in [4.78, 5) is 26.0. The maximum atomic E-state index is 11.9. The third-order valence-corrected chi connectivity index (χ3v) is 2.95. The average Bonchev–Trinajstić information content (AvgIpc) is 2.44. The molecule has 1 rings (SSSR count). The monoisotopic (exact) mass is 274 g/mol. The van der Waals surface area contributed by atoms with Crippen molar-refractivity contribution < 1.29 is 14.7 Å². The molecule has 0 aliphatic rings. The highest BCUT2D eigenvalue weighted by atomic mass is 16.4. The molecule has 0 saturated carbocycles. The third kappa shape index (κ3) is 4.02. The van der Waals surface area contributed by atoms with E-state index in [2.05, 4.69) is 5.92 Å². The molecule has 0 bridgehead atoms. The van der Waals surface area contributed by atoms with E-state index in [1.165, 1.54) is 9.80 Å². The Bertz CT molecular complexity index is 534. The molecular weight excluding hydrogens is 256 g/mol. The van der Waals surface area contributed by atoms with Gasteiger partial charge in [-0.25, -0.2) is 9.59 Å². The quantitative estimate of drug-likeness (QED) is 0.829. The molecule has 0 aromatic heterocycles. The number of carbonyl (C=O) groups excluding carboxylic acids is 1. The van der Waals surface area contributed by atoms with Gasteiger partial charge < -0.3 is 14.9 Å². The standard InChI is InChI=1S/C15H18N2O3/c1-4-10-16(2)15(20)17(3)11-9-12-7-5-6-8-13(12)14(18)19/h1,5-8H,9-11H2,2-3H3,(H,18,19). The Kier molecular flexibility index (Phi) is 5.60. The number of carboxylic acids is 1. The van der Waals surface area contributed by atoms with Gasteiger partial charge in [-0.2, -0.15) is 0 Å². The van der Waals surface area contributed by atoms with Crippen LogP contribution in [0.15, 0.2) is 24.3 Å². The lowest BCUT2D eigenvalue weighted by Crippen LogP contribution is -2.39. The van der Waals surface area contributed by atoms with E-state index in [1.54, 1.807) is 38.4 Å². The first-order valence-corrected chi connectivity index (χ1v) is 6.18. The van der Waals surface area contributed by atoms with E-state index < -0.39 is 5.97 Å². The molecule has 0 spiro atoms. The summed E-state index contributed by atoms with van der Waals surface area (Å²) < 4.78 is 0. The van der Waals surface area contributed by atoms with Crippen LogP contribution in [0.25, 0.3) is 0 Å². The number of rotatable bonds is 5. The largest absolute Gasteiger partial charge is 0.478 e. The summed E-state index contributed by atoms with van der Waals surface area (Å²) in [7, 11) is 3.29. The lowest BCUT2D eigenvalue weighted by atomic mass is 10.0. The van der Waals surface area contributed by atoms with Crippen LogP contribution in [0, 0.1) is 12.3 Å². The molecule has 0 atom stereocenters. The van der Waals surface area contributed by atoms with Crippen molar-refractivity contribution in [2.45, 2.75) is 6.42 Å². The lowest BCUT2D eigenvalue weighted by Gasteiger charge is -2.23. The fraction of sp³-hybridized carbons (Fsp3) is 0.333. The average molecular weight is 274 g/mol. The first-order valence-electron chi connectivity index (χ1n) is 6.18. The van der Waals surface area contributed by atoms with Crippen LogP contribution >= 0.6 is 0 Å². The number of carboxylic acid groups (broad SMARTS) is 1. The van der Waals surface area contributed by atoms with Gasteiger partial charge in [-0.15, -0.1) is 6.42 Å². The van der Waals surface area contributed by atoms with Crippen LogP contribution in [-0.2, 0) is 6.42 Å². The van der Waals surface area contributed by atoms with E-state index in [-0.39, 0.29) is 18.1 Å². The van der Waals surface area contributed by atoms with Crippen molar-refractivity contribution in [1.29, 1.82) is 0 Å². The van der Waals surface area contributed by atoms with Crippen LogP contribution < -0.4 is 0 Å². The van der Waals surface area contributed by atoms with E-state index in [4.69, 9.17) is 11.5 Å². The van der Waals surface area contributed by atoms with Gasteiger partial charge in [0.1, 0.15) is 0 Å². The summed E-state index contributed by atoms with van der Waals surface area (Å²) >= 11 is 0. The molecule has 5 heteroatoms. The molecule has 1 aromatic carbocycles. The van der Waals surface area contributed by atoms with Gasteiger partial charge in [0.05, 0.1) is 12.1 Å². The van der Waals surface area contributed by atoms with Crippen molar-refractivity contribution in [3.05, 3.63) is 35.4 Å². The Morgan fingerprint density at radius 2 is 1.90 bits per heavy atom. The minimum Gasteiger partial charge on any atom is -0.478 e. The maximum absolute atomic E-state index is 11.9. The number of benzene rings is 1. The number of likely N-dealkylation sites (N-methyl/N-ethyl adjacent to an activating group) is 1. The van der Waals surface area contributed by atoms with Gasteiger partial charge in [-0.05, 0) is 18.1 Å². The highest BCUT2D eigenvalue weighted by Crippen LogP contribution is 2.10. The summed E-state index contributed by atoms with van der Waals surface area (Å²) in [5.41, 5.74) is 0.976. The zero-order valence-corrected chi connectivity index (χ0v) is 11.7. The molecule has 106 valence electrons. The topological polar surface area (TPSA) is 60.9 Å². The van der Waals surface area contributed by atoms with Crippen LogP contribution in [0.1, 0.15) is 15.9 Å². The predicted molar refractivity (Wildman–Crippen MR) is 76.6 cm³/mol. The van der Waals surface area contributed by atoms with Crippen molar-refractivity contribution >= 4 is 12.0 Å². The van der Waals surface area contributed by atoms with Crippen molar-refractivity contribution in [2.24, 2.45) is 0 Å². The molecule has 0 unspecified atom stereocenters. The summed E-state index contributed by atoms with van der Waals surface area (Å²) in [6.07, 6.45) is 5.64. The molecule has 0 radical (unpaired) electrons. The zero-order chi connectivity index (χ0) is 15.1. The van der Waals surface area contributed by atoms with Crippen molar-refractivity contribution in [3.63, 3.8) is 0 Å². The van der Waals surface area contributed by atoms with Crippen molar-refractivity contribution in [3.8, 4) is 12.3 Å². The SMILES string of the molecule is C#CCN(C)C(=O)N(C)CCc1ccccc1C(=O)O. The first-order chi connectivity index (χ1) is 9.47.